The summed E-state index contributed by atoms with van der Waals surface area (Å²) in [7, 11) is 1.57. The van der Waals surface area contributed by atoms with Gasteiger partial charge in [0.15, 0.2) is 0 Å². The van der Waals surface area contributed by atoms with Crippen LogP contribution in [0, 0.1) is 11.6 Å². The van der Waals surface area contributed by atoms with E-state index in [1.54, 1.807) is 24.1 Å². The van der Waals surface area contributed by atoms with Gasteiger partial charge in [-0.25, -0.2) is 13.6 Å². The van der Waals surface area contributed by atoms with Gasteiger partial charge in [0.25, 0.3) is 0 Å². The van der Waals surface area contributed by atoms with Gasteiger partial charge in [-0.1, -0.05) is 48.4 Å². The molecule has 0 unspecified atom stereocenters. The molecule has 0 aliphatic carbocycles. The molecular formula is C30H36ClF2N5O5. The number of halogens is 3. The zero-order valence-corrected chi connectivity index (χ0v) is 23.8. The Morgan fingerprint density at radius 3 is 2.63 bits per heavy atom. The number of carbonyl (C=O) groups excluding carboxylic acids is 3. The van der Waals surface area contributed by atoms with Crippen molar-refractivity contribution < 1.29 is 32.4 Å². The number of aryl methyl sites for hydroxylation is 1. The summed E-state index contributed by atoms with van der Waals surface area (Å²) in [4.78, 5) is 41.6. The first-order chi connectivity index (χ1) is 20.2. The Hall–Kier alpha value is -4.03. The second-order valence-electron chi connectivity index (χ2n) is 9.85. The molecular weight excluding hydrogens is 584 g/mol. The van der Waals surface area contributed by atoms with Crippen LogP contribution in [0.5, 0.6) is 0 Å². The summed E-state index contributed by atoms with van der Waals surface area (Å²) < 4.78 is 37.9. The monoisotopic (exact) mass is 619 g/mol. The number of ether oxygens (including phenoxy) is 1. The van der Waals surface area contributed by atoms with E-state index in [0.29, 0.717) is 43.0 Å². The van der Waals surface area contributed by atoms with Gasteiger partial charge in [0.1, 0.15) is 23.9 Å². The van der Waals surface area contributed by atoms with Crippen molar-refractivity contribution in [2.45, 2.75) is 39.2 Å². The predicted molar refractivity (Wildman–Crippen MR) is 159 cm³/mol. The van der Waals surface area contributed by atoms with Crippen LogP contribution < -0.4 is 10.6 Å². The van der Waals surface area contributed by atoms with Crippen molar-refractivity contribution in [1.29, 1.82) is 0 Å². The lowest BCUT2D eigenvalue weighted by atomic mass is 10.1. The van der Waals surface area contributed by atoms with Gasteiger partial charge in [-0.3, -0.25) is 14.9 Å². The van der Waals surface area contributed by atoms with E-state index in [0.717, 1.165) is 0 Å². The van der Waals surface area contributed by atoms with Crippen molar-refractivity contribution in [2.75, 3.05) is 45.2 Å². The van der Waals surface area contributed by atoms with E-state index in [4.69, 9.17) is 20.9 Å². The zero-order valence-electron chi connectivity index (χ0n) is 23.1. The summed E-state index contributed by atoms with van der Waals surface area (Å²) in [5.41, 5.74) is 1.29. The molecule has 1 fully saturated rings. The van der Waals surface area contributed by atoms with Crippen LogP contribution in [0.4, 0.5) is 19.5 Å². The van der Waals surface area contributed by atoms with Crippen molar-refractivity contribution >= 4 is 35.4 Å². The lowest BCUT2D eigenvalue weighted by Crippen LogP contribution is -2.47. The summed E-state index contributed by atoms with van der Waals surface area (Å²) in [6.07, 6.45) is -0.197. The Morgan fingerprint density at radius 1 is 1.14 bits per heavy atom. The van der Waals surface area contributed by atoms with Gasteiger partial charge in [-0.05, 0) is 36.6 Å². The maximum absolute atomic E-state index is 13.8. The smallest absolute Gasteiger partial charge is 0.414 e. The Kier molecular flexibility index (Phi) is 12.4. The van der Waals surface area contributed by atoms with E-state index in [2.05, 4.69) is 15.8 Å². The zero-order chi connectivity index (χ0) is 30.1. The van der Waals surface area contributed by atoms with Gasteiger partial charge >= 0.3 is 6.09 Å². The third-order valence-electron chi connectivity index (χ3n) is 7.00. The molecule has 3 aromatic rings. The van der Waals surface area contributed by atoms with Gasteiger partial charge < -0.3 is 24.4 Å². The molecule has 1 saturated heterocycles. The molecule has 1 aromatic heterocycles. The van der Waals surface area contributed by atoms with Crippen molar-refractivity contribution in [3.63, 3.8) is 0 Å². The van der Waals surface area contributed by atoms with Crippen molar-refractivity contribution in [1.82, 2.24) is 20.3 Å². The highest BCUT2D eigenvalue weighted by molar-refractivity contribution is 6.31. The molecule has 0 bridgehead atoms. The van der Waals surface area contributed by atoms with E-state index in [1.807, 2.05) is 0 Å². The highest BCUT2D eigenvalue weighted by atomic mass is 35.5. The third kappa shape index (κ3) is 9.48. The Bertz CT molecular complexity index is 1400. The van der Waals surface area contributed by atoms with Crippen LogP contribution in [0.1, 0.15) is 32.3 Å². The first-order valence-corrected chi connectivity index (χ1v) is 13.9. The van der Waals surface area contributed by atoms with Gasteiger partial charge in [0, 0.05) is 57.7 Å². The average Bonchev–Trinajstić information content (AvgIpc) is 3.46. The van der Waals surface area contributed by atoms with Crippen molar-refractivity contribution in [2.24, 2.45) is 0 Å². The molecule has 232 valence electrons. The molecule has 1 aliphatic heterocycles. The first-order valence-electron chi connectivity index (χ1n) is 13.5. The fourth-order valence-electron chi connectivity index (χ4n) is 4.54. The standard InChI is InChI=1S/C29H32ClF2N5O5.CH4/c1-36(26(38)10-8-19-4-3-7-23(32)28(19)30)22(9-11-27(39)37-14-12-33-13-15-37)18-41-29(40)34-25-17-24(35-42-25)20-5-2-6-21(31)16-20;/h2-7,16-17,22,33H,8-15,18H2,1H3,(H,34,40);1H4/t22-;/m0./s1. The van der Waals surface area contributed by atoms with Crippen LogP contribution in [0.3, 0.4) is 0 Å². The molecule has 13 heteroatoms. The summed E-state index contributed by atoms with van der Waals surface area (Å²) >= 11 is 6.03. The van der Waals surface area contributed by atoms with Crippen molar-refractivity contribution in [3.8, 4) is 11.3 Å². The normalized spacial score (nSPS) is 13.5. The summed E-state index contributed by atoms with van der Waals surface area (Å²) in [6, 6.07) is 11.0. The minimum Gasteiger partial charge on any atom is -0.447 e. The van der Waals surface area contributed by atoms with Crippen LogP contribution >= 0.6 is 11.6 Å². The fraction of sp³-hybridized carbons (Fsp3) is 0.400. The maximum atomic E-state index is 13.8. The quantitative estimate of drug-likeness (QED) is 0.306. The highest BCUT2D eigenvalue weighted by Crippen LogP contribution is 2.23. The number of carbonyl (C=O) groups is 3. The molecule has 0 radical (unpaired) electrons. The van der Waals surface area contributed by atoms with Gasteiger partial charge in [-0.2, -0.15) is 0 Å². The largest absolute Gasteiger partial charge is 0.447 e. The van der Waals surface area contributed by atoms with Crippen LogP contribution in [0.15, 0.2) is 53.1 Å². The van der Waals surface area contributed by atoms with E-state index in [9.17, 15) is 23.2 Å². The number of hydrogen-bond donors (Lipinski definition) is 2. The minimum absolute atomic E-state index is 0. The van der Waals surface area contributed by atoms with Crippen LogP contribution in [-0.4, -0.2) is 78.7 Å². The van der Waals surface area contributed by atoms with Gasteiger partial charge in [-0.15, -0.1) is 0 Å². The van der Waals surface area contributed by atoms with Crippen molar-refractivity contribution in [3.05, 3.63) is 70.8 Å². The fourth-order valence-corrected chi connectivity index (χ4v) is 4.76. The molecule has 3 amide bonds. The Morgan fingerprint density at radius 2 is 1.88 bits per heavy atom. The number of anilines is 1. The lowest BCUT2D eigenvalue weighted by Gasteiger charge is -2.30. The molecule has 1 aliphatic rings. The van der Waals surface area contributed by atoms with E-state index in [1.165, 1.54) is 41.3 Å². The predicted octanol–water partition coefficient (Wildman–Crippen LogP) is 5.13. The number of amides is 3. The third-order valence-corrected chi connectivity index (χ3v) is 7.43. The summed E-state index contributed by atoms with van der Waals surface area (Å²) in [6.45, 7) is 2.42. The van der Waals surface area contributed by atoms with E-state index >= 15 is 0 Å². The lowest BCUT2D eigenvalue weighted by molar-refractivity contribution is -0.135. The molecule has 2 aromatic carbocycles. The SMILES string of the molecule is C.CN(C(=O)CCc1cccc(F)c1Cl)[C@@H](CCC(=O)N1CCNCC1)COC(=O)Nc1cc(-c2cccc(F)c2)no1. The number of nitrogens with zero attached hydrogens (tertiary/aromatic N) is 3. The molecule has 2 heterocycles. The molecule has 4 rings (SSSR count). The molecule has 1 atom stereocenters. The highest BCUT2D eigenvalue weighted by Gasteiger charge is 2.25. The second-order valence-corrected chi connectivity index (χ2v) is 10.2. The number of rotatable bonds is 11. The number of aromatic nitrogens is 1. The van der Waals surface area contributed by atoms with Crippen LogP contribution in [-0.2, 0) is 20.7 Å². The van der Waals surface area contributed by atoms with Crippen LogP contribution in [0.2, 0.25) is 5.02 Å². The second kappa shape index (κ2) is 16.0. The summed E-state index contributed by atoms with van der Waals surface area (Å²) in [5, 5.41) is 9.43. The number of piperazine rings is 1. The molecule has 0 saturated carbocycles. The molecule has 0 spiro atoms. The number of likely N-dealkylation sites (N-methyl/N-ethyl adjacent to an activating group) is 1. The number of nitrogens with one attached hydrogen (secondary N) is 2. The van der Waals surface area contributed by atoms with E-state index in [-0.39, 0.29) is 62.4 Å². The Labute approximate surface area is 254 Å². The summed E-state index contributed by atoms with van der Waals surface area (Å²) in [5.74, 6) is -1.35. The molecule has 43 heavy (non-hydrogen) atoms. The van der Waals surface area contributed by atoms with Gasteiger partial charge in [0.05, 0.1) is 11.1 Å². The van der Waals surface area contributed by atoms with Crippen LogP contribution in [0.25, 0.3) is 11.3 Å². The number of benzene rings is 2. The Balaban J connectivity index is 0.00000506. The maximum Gasteiger partial charge on any atom is 0.414 e. The van der Waals surface area contributed by atoms with E-state index < -0.39 is 23.8 Å². The minimum atomic E-state index is -0.859. The number of hydrogen-bond acceptors (Lipinski definition) is 7. The molecule has 10 nitrogen and oxygen atoms in total. The van der Waals surface area contributed by atoms with Gasteiger partial charge in [0.2, 0.25) is 17.7 Å². The molecule has 2 N–H and O–H groups in total. The average molecular weight is 620 g/mol. The topological polar surface area (TPSA) is 117 Å². The first kappa shape index (κ1) is 33.5.